The summed E-state index contributed by atoms with van der Waals surface area (Å²) in [5.74, 6) is -0.275. The fourth-order valence-electron chi connectivity index (χ4n) is 2.84. The number of rotatable bonds is 3. The van der Waals surface area contributed by atoms with E-state index in [4.69, 9.17) is 11.6 Å². The van der Waals surface area contributed by atoms with Crippen LogP contribution in [0.2, 0.25) is 5.02 Å². The average Bonchev–Trinajstić information content (AvgIpc) is 3.30. The lowest BCUT2D eigenvalue weighted by atomic mass is 10.1. The van der Waals surface area contributed by atoms with E-state index in [1.54, 1.807) is 36.3 Å². The van der Waals surface area contributed by atoms with Gasteiger partial charge >= 0.3 is 0 Å². The summed E-state index contributed by atoms with van der Waals surface area (Å²) in [6.45, 7) is 1.34. The second-order valence-electron chi connectivity index (χ2n) is 6.08. The zero-order valence-corrected chi connectivity index (χ0v) is 15.6. The van der Waals surface area contributed by atoms with E-state index in [0.717, 1.165) is 5.39 Å². The van der Waals surface area contributed by atoms with Crippen LogP contribution in [0.5, 0.6) is 0 Å². The van der Waals surface area contributed by atoms with Crippen LogP contribution < -0.4 is 5.32 Å². The Kier molecular flexibility index (Phi) is 4.25. The summed E-state index contributed by atoms with van der Waals surface area (Å²) >= 11 is 6.37. The summed E-state index contributed by atoms with van der Waals surface area (Å²) in [4.78, 5) is 20.5. The van der Waals surface area contributed by atoms with Gasteiger partial charge in [-0.15, -0.1) is 0 Å². The minimum absolute atomic E-state index is 0.00621. The largest absolute Gasteiger partial charge is 0.308 e. The molecule has 0 atom stereocenters. The van der Waals surface area contributed by atoms with Gasteiger partial charge in [0.15, 0.2) is 11.5 Å². The molecule has 9 nitrogen and oxygen atoms in total. The van der Waals surface area contributed by atoms with E-state index in [1.165, 1.54) is 6.92 Å². The van der Waals surface area contributed by atoms with Crippen molar-refractivity contribution in [2.45, 2.75) is 6.92 Å². The molecule has 138 valence electrons. The summed E-state index contributed by atoms with van der Waals surface area (Å²) < 4.78 is 1.63. The minimum Gasteiger partial charge on any atom is -0.308 e. The molecule has 0 radical (unpaired) electrons. The molecule has 0 spiro atoms. The Balaban J connectivity index is 2.01. The number of aryl methyl sites for hydroxylation is 1. The molecular weight excluding hydrogens is 380 g/mol. The number of fused-ring (bicyclic) bond motifs is 1. The molecule has 0 saturated carbocycles. The van der Waals surface area contributed by atoms with Crippen LogP contribution in [0.4, 0.5) is 5.82 Å². The molecule has 10 heteroatoms. The average molecular weight is 393 g/mol. The van der Waals surface area contributed by atoms with Gasteiger partial charge in [0.1, 0.15) is 23.2 Å². The number of aromatic amines is 1. The van der Waals surface area contributed by atoms with Gasteiger partial charge in [-0.3, -0.25) is 14.6 Å². The molecule has 1 amide bonds. The van der Waals surface area contributed by atoms with Crippen molar-refractivity contribution in [3.8, 4) is 28.7 Å². The number of amides is 1. The number of nitrogens with one attached hydrogen (secondary N) is 2. The molecule has 0 aliphatic carbocycles. The Morgan fingerprint density at radius 1 is 1.32 bits per heavy atom. The first kappa shape index (κ1) is 17.6. The van der Waals surface area contributed by atoms with Gasteiger partial charge in [0.2, 0.25) is 5.91 Å². The van der Waals surface area contributed by atoms with E-state index in [2.05, 4.69) is 30.6 Å². The molecule has 0 unspecified atom stereocenters. The number of halogens is 1. The zero-order valence-electron chi connectivity index (χ0n) is 14.9. The van der Waals surface area contributed by atoms with Crippen LogP contribution in [0, 0.1) is 11.3 Å². The minimum atomic E-state index is -0.353. The third-order valence-electron chi connectivity index (χ3n) is 4.03. The molecular formula is C18H13ClN8O. The highest BCUT2D eigenvalue weighted by Gasteiger charge is 2.20. The highest BCUT2D eigenvalue weighted by atomic mass is 35.5. The van der Waals surface area contributed by atoms with Crippen molar-refractivity contribution >= 4 is 34.2 Å². The van der Waals surface area contributed by atoms with Crippen molar-refractivity contribution < 1.29 is 4.79 Å². The van der Waals surface area contributed by atoms with Crippen LogP contribution in [0.25, 0.3) is 33.5 Å². The maximum absolute atomic E-state index is 11.5. The Labute approximate surface area is 164 Å². The molecule has 0 aliphatic rings. The molecule has 0 bridgehead atoms. The highest BCUT2D eigenvalue weighted by Crippen LogP contribution is 2.34. The van der Waals surface area contributed by atoms with Crippen LogP contribution in [0.3, 0.4) is 0 Å². The molecule has 28 heavy (non-hydrogen) atoms. The number of aromatic nitrogens is 6. The zero-order chi connectivity index (χ0) is 19.8. The SMILES string of the molecule is CC(=O)Nc1nc(-c2ccn(C)n2)c(-c2cc(Cl)c3[nH]ncc3c2)nc1C#N. The Bertz CT molecular complexity index is 1270. The number of hydrogen-bond donors (Lipinski definition) is 2. The first-order chi connectivity index (χ1) is 13.5. The third-order valence-corrected chi connectivity index (χ3v) is 4.32. The van der Waals surface area contributed by atoms with Crippen molar-refractivity contribution in [3.63, 3.8) is 0 Å². The first-order valence-electron chi connectivity index (χ1n) is 8.19. The summed E-state index contributed by atoms with van der Waals surface area (Å²) in [5.41, 5.74) is 2.74. The lowest BCUT2D eigenvalue weighted by Crippen LogP contribution is -2.12. The van der Waals surface area contributed by atoms with Crippen molar-refractivity contribution in [2.75, 3.05) is 5.32 Å². The second-order valence-corrected chi connectivity index (χ2v) is 6.49. The molecule has 2 N–H and O–H groups in total. The fourth-order valence-corrected chi connectivity index (χ4v) is 3.11. The first-order valence-corrected chi connectivity index (χ1v) is 8.57. The van der Waals surface area contributed by atoms with Crippen molar-refractivity contribution in [1.29, 1.82) is 5.26 Å². The number of hydrogen-bond acceptors (Lipinski definition) is 6. The van der Waals surface area contributed by atoms with Crippen LogP contribution >= 0.6 is 11.6 Å². The van der Waals surface area contributed by atoms with Gasteiger partial charge in [0, 0.05) is 31.1 Å². The molecule has 0 aliphatic heterocycles. The lowest BCUT2D eigenvalue weighted by molar-refractivity contribution is -0.114. The van der Waals surface area contributed by atoms with Gasteiger partial charge in [-0.2, -0.15) is 15.5 Å². The molecule has 1 aromatic carbocycles. The molecule has 3 aromatic heterocycles. The molecule has 4 aromatic rings. The second kappa shape index (κ2) is 6.75. The molecule has 3 heterocycles. The Morgan fingerprint density at radius 2 is 2.14 bits per heavy atom. The van der Waals surface area contributed by atoms with Gasteiger partial charge in [-0.1, -0.05) is 11.6 Å². The van der Waals surface area contributed by atoms with Crippen LogP contribution in [0.1, 0.15) is 12.6 Å². The highest BCUT2D eigenvalue weighted by molar-refractivity contribution is 6.35. The topological polar surface area (TPSA) is 125 Å². The summed E-state index contributed by atoms with van der Waals surface area (Å²) in [7, 11) is 1.78. The summed E-state index contributed by atoms with van der Waals surface area (Å²) in [5, 5.41) is 24.5. The van der Waals surface area contributed by atoms with Gasteiger partial charge in [-0.25, -0.2) is 9.97 Å². The quantitative estimate of drug-likeness (QED) is 0.552. The number of nitriles is 1. The van der Waals surface area contributed by atoms with Crippen LogP contribution in [-0.2, 0) is 11.8 Å². The number of anilines is 1. The van der Waals surface area contributed by atoms with Gasteiger partial charge in [-0.05, 0) is 18.2 Å². The predicted molar refractivity (Wildman–Crippen MR) is 103 cm³/mol. The number of carbonyl (C=O) groups is 1. The fraction of sp³-hybridized carbons (Fsp3) is 0.111. The number of nitrogens with zero attached hydrogens (tertiary/aromatic N) is 6. The van der Waals surface area contributed by atoms with E-state index in [9.17, 15) is 10.1 Å². The number of H-pyrrole nitrogens is 1. The van der Waals surface area contributed by atoms with E-state index in [-0.39, 0.29) is 17.4 Å². The smallest absolute Gasteiger partial charge is 0.222 e. The number of benzene rings is 1. The predicted octanol–water partition coefficient (Wildman–Crippen LogP) is 2.90. The van der Waals surface area contributed by atoms with Crippen molar-refractivity contribution in [1.82, 2.24) is 29.9 Å². The van der Waals surface area contributed by atoms with Crippen molar-refractivity contribution in [3.05, 3.63) is 41.3 Å². The van der Waals surface area contributed by atoms with Gasteiger partial charge in [0.05, 0.1) is 16.7 Å². The monoisotopic (exact) mass is 392 g/mol. The van der Waals surface area contributed by atoms with Crippen LogP contribution in [0.15, 0.2) is 30.6 Å². The normalized spacial score (nSPS) is 10.8. The van der Waals surface area contributed by atoms with E-state index < -0.39 is 0 Å². The van der Waals surface area contributed by atoms with E-state index >= 15 is 0 Å². The summed E-state index contributed by atoms with van der Waals surface area (Å²) in [6, 6.07) is 7.32. The van der Waals surface area contributed by atoms with Crippen LogP contribution in [-0.4, -0.2) is 35.9 Å². The molecule has 0 fully saturated rings. The lowest BCUT2D eigenvalue weighted by Gasteiger charge is -2.11. The Hall–Kier alpha value is -3.77. The van der Waals surface area contributed by atoms with Gasteiger partial charge in [0.25, 0.3) is 0 Å². The maximum atomic E-state index is 11.5. The standard InChI is InChI=1S/C18H13ClN8O/c1-9(28)22-18-14(7-20)23-16(17(24-18)13-3-4-27(2)26-13)10-5-11-8-21-25-15(11)12(19)6-10/h3-6,8H,1-2H3,(H,21,25)(H,22,24,28). The van der Waals surface area contributed by atoms with Gasteiger partial charge < -0.3 is 5.32 Å². The van der Waals surface area contributed by atoms with E-state index in [1.807, 2.05) is 12.1 Å². The maximum Gasteiger partial charge on any atom is 0.222 e. The van der Waals surface area contributed by atoms with E-state index in [0.29, 0.717) is 33.2 Å². The third kappa shape index (κ3) is 3.06. The molecule has 0 saturated heterocycles. The Morgan fingerprint density at radius 3 is 2.82 bits per heavy atom. The molecule has 4 rings (SSSR count). The summed E-state index contributed by atoms with van der Waals surface area (Å²) in [6.07, 6.45) is 3.42. The van der Waals surface area contributed by atoms with Crippen molar-refractivity contribution in [2.24, 2.45) is 7.05 Å². The number of carbonyl (C=O) groups excluding carboxylic acids is 1.